The number of fused-ring (bicyclic) bond motifs is 1. The maximum absolute atomic E-state index is 12.8. The number of hydrogen-bond donors (Lipinski definition) is 2. The smallest absolute Gasteiger partial charge is 0.322 e. The van der Waals surface area contributed by atoms with Crippen LogP contribution in [0.4, 0.5) is 15.6 Å². The molecule has 10 nitrogen and oxygen atoms in total. The maximum Gasteiger partial charge on any atom is 0.322 e. The van der Waals surface area contributed by atoms with Crippen LogP contribution < -0.4 is 20.1 Å². The van der Waals surface area contributed by atoms with E-state index in [1.165, 1.54) is 37.0 Å². The van der Waals surface area contributed by atoms with Gasteiger partial charge >= 0.3 is 6.03 Å². The van der Waals surface area contributed by atoms with Gasteiger partial charge in [0.25, 0.3) is 5.91 Å². The molecule has 3 heterocycles. The van der Waals surface area contributed by atoms with Crippen LogP contribution in [0.3, 0.4) is 0 Å². The largest absolute Gasteiger partial charge is 0.493 e. The molecule has 0 fully saturated rings. The van der Waals surface area contributed by atoms with Gasteiger partial charge in [-0.1, -0.05) is 17.4 Å². The SMILES string of the molecule is COc1cccc(NC(=O)N2CCc3nc(NC(=O)c4cnccn4)sc3C2)c1OC. The van der Waals surface area contributed by atoms with Gasteiger partial charge < -0.3 is 19.7 Å². The standard InChI is InChI=1S/C20H20N6O4S/c1-29-15-5-3-4-13(17(15)30-2)24-20(28)26-9-6-12-16(11-26)31-19(23-12)25-18(27)14-10-21-7-8-22-14/h3-5,7-8,10H,6,9,11H2,1-2H3,(H,24,28)(H,23,25,27). The van der Waals surface area contributed by atoms with Crippen molar-refractivity contribution in [3.8, 4) is 11.5 Å². The number of rotatable bonds is 5. The van der Waals surface area contributed by atoms with Crippen LogP contribution in [0, 0.1) is 0 Å². The van der Waals surface area contributed by atoms with Crippen LogP contribution in [0.25, 0.3) is 0 Å². The van der Waals surface area contributed by atoms with Crippen molar-refractivity contribution in [3.05, 3.63) is 53.1 Å². The molecule has 0 aliphatic carbocycles. The quantitative estimate of drug-likeness (QED) is 0.626. The monoisotopic (exact) mass is 440 g/mol. The Morgan fingerprint density at radius 2 is 2.03 bits per heavy atom. The zero-order valence-electron chi connectivity index (χ0n) is 16.9. The molecule has 0 unspecified atom stereocenters. The molecule has 2 N–H and O–H groups in total. The van der Waals surface area contributed by atoms with E-state index in [2.05, 4.69) is 25.6 Å². The number of benzene rings is 1. The van der Waals surface area contributed by atoms with E-state index in [1.807, 2.05) is 0 Å². The highest BCUT2D eigenvalue weighted by atomic mass is 32.1. The van der Waals surface area contributed by atoms with Gasteiger partial charge in [-0.2, -0.15) is 0 Å². The summed E-state index contributed by atoms with van der Waals surface area (Å²) in [6.07, 6.45) is 4.94. The summed E-state index contributed by atoms with van der Waals surface area (Å²) in [5.41, 5.74) is 1.62. The van der Waals surface area contributed by atoms with Crippen molar-refractivity contribution in [2.75, 3.05) is 31.4 Å². The van der Waals surface area contributed by atoms with Gasteiger partial charge in [0.1, 0.15) is 5.69 Å². The Bertz CT molecular complexity index is 1100. The molecule has 11 heteroatoms. The molecule has 0 saturated heterocycles. The van der Waals surface area contributed by atoms with Crippen LogP contribution in [-0.4, -0.2) is 52.6 Å². The molecule has 3 amide bonds. The van der Waals surface area contributed by atoms with E-state index in [1.54, 1.807) is 30.2 Å². The van der Waals surface area contributed by atoms with Crippen molar-refractivity contribution in [3.63, 3.8) is 0 Å². The second-order valence-corrected chi connectivity index (χ2v) is 7.66. The van der Waals surface area contributed by atoms with E-state index in [0.717, 1.165) is 10.6 Å². The highest BCUT2D eigenvalue weighted by Gasteiger charge is 2.26. The molecule has 160 valence electrons. The minimum Gasteiger partial charge on any atom is -0.493 e. The average Bonchev–Trinajstić information content (AvgIpc) is 3.20. The van der Waals surface area contributed by atoms with Crippen LogP contribution in [-0.2, 0) is 13.0 Å². The lowest BCUT2D eigenvalue weighted by molar-refractivity contribution is 0.102. The van der Waals surface area contributed by atoms with Crippen LogP contribution in [0.5, 0.6) is 11.5 Å². The van der Waals surface area contributed by atoms with Crippen LogP contribution in [0.15, 0.2) is 36.8 Å². The Balaban J connectivity index is 1.43. The van der Waals surface area contributed by atoms with Crippen LogP contribution >= 0.6 is 11.3 Å². The van der Waals surface area contributed by atoms with Crippen molar-refractivity contribution in [1.82, 2.24) is 19.9 Å². The van der Waals surface area contributed by atoms with Gasteiger partial charge in [-0.3, -0.25) is 15.1 Å². The fraction of sp³-hybridized carbons (Fsp3) is 0.250. The zero-order valence-corrected chi connectivity index (χ0v) is 17.7. The van der Waals surface area contributed by atoms with E-state index in [0.29, 0.717) is 41.8 Å². The molecule has 0 radical (unpaired) electrons. The number of hydrogen-bond acceptors (Lipinski definition) is 8. The number of nitrogens with one attached hydrogen (secondary N) is 2. The molecular weight excluding hydrogens is 420 g/mol. The number of para-hydroxylation sites is 1. The fourth-order valence-corrected chi connectivity index (χ4v) is 4.20. The average molecular weight is 440 g/mol. The molecule has 0 atom stereocenters. The molecule has 0 bridgehead atoms. The van der Waals surface area contributed by atoms with E-state index in [-0.39, 0.29) is 17.6 Å². The highest BCUT2D eigenvalue weighted by Crippen LogP contribution is 2.35. The number of aromatic nitrogens is 3. The van der Waals surface area contributed by atoms with Gasteiger partial charge in [-0.15, -0.1) is 0 Å². The molecule has 1 aliphatic rings. The summed E-state index contributed by atoms with van der Waals surface area (Å²) in [5.74, 6) is 0.619. The van der Waals surface area contributed by atoms with E-state index < -0.39 is 0 Å². The number of urea groups is 1. The normalized spacial score (nSPS) is 12.6. The lowest BCUT2D eigenvalue weighted by Crippen LogP contribution is -2.38. The first-order valence-corrected chi connectivity index (χ1v) is 10.2. The molecule has 1 aromatic carbocycles. The first-order valence-electron chi connectivity index (χ1n) is 9.42. The molecule has 4 rings (SSSR count). The number of ether oxygens (including phenoxy) is 2. The van der Waals surface area contributed by atoms with E-state index in [4.69, 9.17) is 9.47 Å². The van der Waals surface area contributed by atoms with Gasteiger partial charge in [-0.05, 0) is 12.1 Å². The second kappa shape index (κ2) is 8.96. The lowest BCUT2D eigenvalue weighted by Gasteiger charge is -2.26. The molecule has 2 aromatic heterocycles. The number of anilines is 2. The van der Waals surface area contributed by atoms with Crippen molar-refractivity contribution in [1.29, 1.82) is 0 Å². The number of carbonyl (C=O) groups excluding carboxylic acids is 2. The first kappa shape index (κ1) is 20.5. The van der Waals surface area contributed by atoms with Crippen molar-refractivity contribution in [2.45, 2.75) is 13.0 Å². The molecule has 0 saturated carbocycles. The number of thiazole rings is 1. The summed E-state index contributed by atoms with van der Waals surface area (Å²) >= 11 is 1.34. The van der Waals surface area contributed by atoms with Gasteiger partial charge in [0.15, 0.2) is 16.6 Å². The predicted octanol–water partition coefficient (Wildman–Crippen LogP) is 2.79. The number of amides is 3. The minimum absolute atomic E-state index is 0.212. The summed E-state index contributed by atoms with van der Waals surface area (Å²) in [5, 5.41) is 6.09. The van der Waals surface area contributed by atoms with Gasteiger partial charge in [-0.25, -0.2) is 14.8 Å². The Kier molecular flexibility index (Phi) is 5.94. The number of methoxy groups -OCH3 is 2. The molecule has 3 aromatic rings. The summed E-state index contributed by atoms with van der Waals surface area (Å²) in [6.45, 7) is 0.901. The van der Waals surface area contributed by atoms with Gasteiger partial charge in [0.2, 0.25) is 0 Å². The van der Waals surface area contributed by atoms with Crippen molar-refractivity contribution in [2.24, 2.45) is 0 Å². The van der Waals surface area contributed by atoms with Crippen molar-refractivity contribution >= 4 is 34.1 Å². The molecule has 31 heavy (non-hydrogen) atoms. The number of nitrogens with zero attached hydrogens (tertiary/aromatic N) is 4. The Morgan fingerprint density at radius 1 is 1.16 bits per heavy atom. The third-order valence-corrected chi connectivity index (χ3v) is 5.68. The van der Waals surface area contributed by atoms with Gasteiger partial charge in [0.05, 0.1) is 38.3 Å². The molecule has 0 spiro atoms. The summed E-state index contributed by atoms with van der Waals surface area (Å²) in [7, 11) is 3.06. The Labute approximate surface area is 182 Å². The highest BCUT2D eigenvalue weighted by molar-refractivity contribution is 7.15. The first-order chi connectivity index (χ1) is 15.1. The third-order valence-electron chi connectivity index (χ3n) is 4.68. The maximum atomic E-state index is 12.8. The van der Waals surface area contributed by atoms with Crippen molar-refractivity contribution < 1.29 is 19.1 Å². The minimum atomic E-state index is -0.376. The summed E-state index contributed by atoms with van der Waals surface area (Å²) < 4.78 is 10.7. The molecule has 1 aliphatic heterocycles. The van der Waals surface area contributed by atoms with Gasteiger partial charge in [0, 0.05) is 30.2 Å². The topological polar surface area (TPSA) is 119 Å². The van der Waals surface area contributed by atoms with E-state index in [9.17, 15) is 9.59 Å². The summed E-state index contributed by atoms with van der Waals surface area (Å²) in [4.78, 5) is 40.1. The second-order valence-electron chi connectivity index (χ2n) is 6.58. The van der Waals surface area contributed by atoms with E-state index >= 15 is 0 Å². The number of carbonyl (C=O) groups is 2. The summed E-state index contributed by atoms with van der Waals surface area (Å²) in [6, 6.07) is 5.04. The fourth-order valence-electron chi connectivity index (χ4n) is 3.18. The predicted molar refractivity (Wildman–Crippen MR) is 115 cm³/mol. The van der Waals surface area contributed by atoms with Crippen LogP contribution in [0.2, 0.25) is 0 Å². The molecular formula is C20H20N6O4S. The lowest BCUT2D eigenvalue weighted by atomic mass is 10.2. The van der Waals surface area contributed by atoms with Crippen LogP contribution in [0.1, 0.15) is 21.1 Å². The Morgan fingerprint density at radius 3 is 2.77 bits per heavy atom. The third kappa shape index (κ3) is 4.40. The zero-order chi connectivity index (χ0) is 21.8. The Hall–Kier alpha value is -3.73.